The van der Waals surface area contributed by atoms with Crippen LogP contribution in [0.2, 0.25) is 0 Å². The van der Waals surface area contributed by atoms with Crippen molar-refractivity contribution in [2.75, 3.05) is 20.7 Å². The van der Waals surface area contributed by atoms with Crippen molar-refractivity contribution in [2.24, 2.45) is 0 Å². The molecule has 0 heterocycles. The van der Waals surface area contributed by atoms with E-state index in [1.54, 1.807) is 26.2 Å². The lowest BCUT2D eigenvalue weighted by molar-refractivity contribution is -0.131. The van der Waals surface area contributed by atoms with E-state index in [2.05, 4.69) is 0 Å². The Balaban J connectivity index is 2.02. The van der Waals surface area contributed by atoms with Crippen LogP contribution in [-0.2, 0) is 9.53 Å². The minimum atomic E-state index is -0.496. The van der Waals surface area contributed by atoms with E-state index in [0.717, 1.165) is 11.1 Å². The molecule has 0 radical (unpaired) electrons. The Bertz CT molecular complexity index is 618. The topological polar surface area (TPSA) is 46.6 Å². The van der Waals surface area contributed by atoms with Crippen LogP contribution in [0.5, 0.6) is 0 Å². The number of rotatable bonds is 4. The predicted octanol–water partition coefficient (Wildman–Crippen LogP) is 2.60. The lowest BCUT2D eigenvalue weighted by atomic mass is 10.0. The van der Waals surface area contributed by atoms with E-state index in [9.17, 15) is 9.59 Å². The third-order valence-electron chi connectivity index (χ3n) is 3.05. The lowest BCUT2D eigenvalue weighted by Crippen LogP contribution is -2.27. The van der Waals surface area contributed by atoms with Crippen molar-refractivity contribution in [3.63, 3.8) is 0 Å². The minimum Gasteiger partial charge on any atom is -0.452 e. The average molecular weight is 283 g/mol. The summed E-state index contributed by atoms with van der Waals surface area (Å²) in [5, 5.41) is 0. The number of hydrogen-bond acceptors (Lipinski definition) is 3. The fraction of sp³-hybridized carbons (Fsp3) is 0.176. The SMILES string of the molecule is CN(C)C(=O)COC(=O)c1ccc(-c2ccccc2)cc1. The van der Waals surface area contributed by atoms with Gasteiger partial charge >= 0.3 is 5.97 Å². The average Bonchev–Trinajstić information content (AvgIpc) is 2.53. The molecule has 0 unspecified atom stereocenters. The Morgan fingerprint density at radius 2 is 1.48 bits per heavy atom. The number of hydrogen-bond donors (Lipinski definition) is 0. The van der Waals surface area contributed by atoms with Crippen LogP contribution in [-0.4, -0.2) is 37.5 Å². The standard InChI is InChI=1S/C17H17NO3/c1-18(2)16(19)12-21-17(20)15-10-8-14(9-11-15)13-6-4-3-5-7-13/h3-11H,12H2,1-2H3. The molecule has 4 nitrogen and oxygen atoms in total. The number of amides is 1. The Morgan fingerprint density at radius 3 is 2.05 bits per heavy atom. The van der Waals surface area contributed by atoms with E-state index < -0.39 is 5.97 Å². The summed E-state index contributed by atoms with van der Waals surface area (Å²) in [4.78, 5) is 24.6. The van der Waals surface area contributed by atoms with E-state index in [1.165, 1.54) is 4.90 Å². The molecule has 21 heavy (non-hydrogen) atoms. The Kier molecular flexibility index (Phi) is 4.72. The van der Waals surface area contributed by atoms with Gasteiger partial charge in [-0.05, 0) is 23.3 Å². The van der Waals surface area contributed by atoms with Gasteiger partial charge in [0.25, 0.3) is 5.91 Å². The molecule has 0 atom stereocenters. The summed E-state index contributed by atoms with van der Waals surface area (Å²) in [5.41, 5.74) is 2.54. The zero-order valence-corrected chi connectivity index (χ0v) is 12.1. The fourth-order valence-corrected chi connectivity index (χ4v) is 1.77. The van der Waals surface area contributed by atoms with E-state index in [-0.39, 0.29) is 12.5 Å². The minimum absolute atomic E-state index is 0.244. The third kappa shape index (κ3) is 3.92. The second kappa shape index (κ2) is 6.70. The first-order valence-electron chi connectivity index (χ1n) is 6.60. The summed E-state index contributed by atoms with van der Waals surface area (Å²) >= 11 is 0. The molecule has 0 aromatic heterocycles. The maximum absolute atomic E-state index is 11.8. The number of ether oxygens (including phenoxy) is 1. The van der Waals surface area contributed by atoms with Crippen molar-refractivity contribution >= 4 is 11.9 Å². The first-order valence-corrected chi connectivity index (χ1v) is 6.60. The van der Waals surface area contributed by atoms with Crippen LogP contribution < -0.4 is 0 Å². The maximum Gasteiger partial charge on any atom is 0.338 e. The van der Waals surface area contributed by atoms with Gasteiger partial charge in [-0.25, -0.2) is 4.79 Å². The molecule has 0 spiro atoms. The number of nitrogens with zero attached hydrogens (tertiary/aromatic N) is 1. The molecule has 1 amide bonds. The van der Waals surface area contributed by atoms with E-state index in [0.29, 0.717) is 5.56 Å². The molecule has 0 bridgehead atoms. The molecule has 0 aliphatic rings. The maximum atomic E-state index is 11.8. The quantitative estimate of drug-likeness (QED) is 0.810. The van der Waals surface area contributed by atoms with Gasteiger partial charge in [-0.1, -0.05) is 42.5 Å². The second-order valence-electron chi connectivity index (χ2n) is 4.81. The van der Waals surface area contributed by atoms with Crippen molar-refractivity contribution in [3.05, 3.63) is 60.2 Å². The number of esters is 1. The molecule has 108 valence electrons. The number of likely N-dealkylation sites (N-methyl/N-ethyl adjacent to an activating group) is 1. The molecular weight excluding hydrogens is 266 g/mol. The van der Waals surface area contributed by atoms with E-state index in [1.807, 2.05) is 42.5 Å². The number of benzene rings is 2. The molecule has 0 saturated carbocycles. The highest BCUT2D eigenvalue weighted by molar-refractivity contribution is 5.91. The van der Waals surface area contributed by atoms with Gasteiger partial charge in [0.2, 0.25) is 0 Å². The van der Waals surface area contributed by atoms with Crippen LogP contribution in [0, 0.1) is 0 Å². The summed E-state index contributed by atoms with van der Waals surface area (Å²) in [7, 11) is 3.23. The van der Waals surface area contributed by atoms with Gasteiger partial charge in [-0.15, -0.1) is 0 Å². The van der Waals surface area contributed by atoms with Gasteiger partial charge in [0.15, 0.2) is 6.61 Å². The molecule has 0 saturated heterocycles. The summed E-state index contributed by atoms with van der Waals surface area (Å²) in [5.74, 6) is -0.742. The monoisotopic (exact) mass is 283 g/mol. The Hall–Kier alpha value is -2.62. The molecule has 0 aliphatic carbocycles. The normalized spacial score (nSPS) is 10.0. The molecule has 2 aromatic rings. The zero-order chi connectivity index (χ0) is 15.2. The summed E-state index contributed by atoms with van der Waals surface area (Å²) in [6.45, 7) is -0.244. The van der Waals surface area contributed by atoms with Crippen molar-refractivity contribution in [2.45, 2.75) is 0 Å². The lowest BCUT2D eigenvalue weighted by Gasteiger charge is -2.10. The predicted molar refractivity (Wildman–Crippen MR) is 80.9 cm³/mol. The highest BCUT2D eigenvalue weighted by Crippen LogP contribution is 2.19. The van der Waals surface area contributed by atoms with E-state index >= 15 is 0 Å². The highest BCUT2D eigenvalue weighted by Gasteiger charge is 2.11. The molecule has 2 aromatic carbocycles. The molecule has 4 heteroatoms. The van der Waals surface area contributed by atoms with Gasteiger partial charge < -0.3 is 9.64 Å². The molecule has 2 rings (SSSR count). The van der Waals surface area contributed by atoms with Crippen LogP contribution in [0.25, 0.3) is 11.1 Å². The summed E-state index contributed by atoms with van der Waals surface area (Å²) in [6, 6.07) is 17.0. The largest absolute Gasteiger partial charge is 0.452 e. The first-order chi connectivity index (χ1) is 10.1. The van der Waals surface area contributed by atoms with Crippen LogP contribution in [0.4, 0.5) is 0 Å². The summed E-state index contributed by atoms with van der Waals surface area (Å²) in [6.07, 6.45) is 0. The zero-order valence-electron chi connectivity index (χ0n) is 12.1. The van der Waals surface area contributed by atoms with Gasteiger partial charge in [-0.3, -0.25) is 4.79 Å². The van der Waals surface area contributed by atoms with Crippen molar-refractivity contribution in [1.29, 1.82) is 0 Å². The smallest absolute Gasteiger partial charge is 0.338 e. The van der Waals surface area contributed by atoms with Crippen molar-refractivity contribution < 1.29 is 14.3 Å². The van der Waals surface area contributed by atoms with Crippen LogP contribution in [0.1, 0.15) is 10.4 Å². The van der Waals surface area contributed by atoms with Crippen molar-refractivity contribution in [3.8, 4) is 11.1 Å². The van der Waals surface area contributed by atoms with E-state index in [4.69, 9.17) is 4.74 Å². The van der Waals surface area contributed by atoms with Gasteiger partial charge in [0, 0.05) is 14.1 Å². The molecule has 0 aliphatic heterocycles. The van der Waals surface area contributed by atoms with Crippen molar-refractivity contribution in [1.82, 2.24) is 4.90 Å². The van der Waals surface area contributed by atoms with Crippen LogP contribution in [0.3, 0.4) is 0 Å². The Labute approximate surface area is 124 Å². The van der Waals surface area contributed by atoms with Gasteiger partial charge in [0.05, 0.1) is 5.56 Å². The molecular formula is C17H17NO3. The first kappa shape index (κ1) is 14.8. The second-order valence-corrected chi connectivity index (χ2v) is 4.81. The highest BCUT2D eigenvalue weighted by atomic mass is 16.5. The van der Waals surface area contributed by atoms with Gasteiger partial charge in [-0.2, -0.15) is 0 Å². The molecule has 0 fully saturated rings. The van der Waals surface area contributed by atoms with Gasteiger partial charge in [0.1, 0.15) is 0 Å². The fourth-order valence-electron chi connectivity index (χ4n) is 1.77. The number of carbonyl (C=O) groups is 2. The Morgan fingerprint density at radius 1 is 0.905 bits per heavy atom. The van der Waals surface area contributed by atoms with Crippen LogP contribution in [0.15, 0.2) is 54.6 Å². The third-order valence-corrected chi connectivity index (χ3v) is 3.05. The number of carbonyl (C=O) groups excluding carboxylic acids is 2. The molecule has 0 N–H and O–H groups in total. The summed E-state index contributed by atoms with van der Waals surface area (Å²) < 4.78 is 4.97. The van der Waals surface area contributed by atoms with Crippen LogP contribution >= 0.6 is 0 Å².